The second-order valence-electron chi connectivity index (χ2n) is 4.58. The molecule has 2 aromatic heterocycles. The molecular formula is C13H14N4O3. The van der Waals surface area contributed by atoms with Gasteiger partial charge in [0.15, 0.2) is 0 Å². The second-order valence-corrected chi connectivity index (χ2v) is 4.58. The van der Waals surface area contributed by atoms with Crippen molar-refractivity contribution in [2.45, 2.75) is 25.5 Å². The molecule has 0 unspecified atom stereocenters. The van der Waals surface area contributed by atoms with Crippen LogP contribution in [-0.4, -0.2) is 33.7 Å². The van der Waals surface area contributed by atoms with Gasteiger partial charge in [-0.1, -0.05) is 5.16 Å². The van der Waals surface area contributed by atoms with Gasteiger partial charge in [-0.05, 0) is 25.0 Å². The zero-order valence-corrected chi connectivity index (χ0v) is 10.8. The van der Waals surface area contributed by atoms with Gasteiger partial charge in [0.05, 0.1) is 0 Å². The van der Waals surface area contributed by atoms with E-state index in [1.807, 2.05) is 0 Å². The number of nitrogens with one attached hydrogen (secondary N) is 1. The topological polar surface area (TPSA) is 90.1 Å². The van der Waals surface area contributed by atoms with E-state index in [9.17, 15) is 4.79 Å². The van der Waals surface area contributed by atoms with Crippen LogP contribution in [-0.2, 0) is 16.1 Å². The number of aromatic nitrogens is 3. The molecule has 0 bridgehead atoms. The molecule has 20 heavy (non-hydrogen) atoms. The molecule has 0 aliphatic heterocycles. The Balaban J connectivity index is 1.48. The van der Waals surface area contributed by atoms with Crippen molar-refractivity contribution in [3.63, 3.8) is 0 Å². The summed E-state index contributed by atoms with van der Waals surface area (Å²) in [6, 6.07) is 3.92. The monoisotopic (exact) mass is 274 g/mol. The summed E-state index contributed by atoms with van der Waals surface area (Å²) in [7, 11) is 0. The third kappa shape index (κ3) is 3.39. The molecule has 1 N–H and O–H groups in total. The first kappa shape index (κ1) is 12.7. The third-order valence-corrected chi connectivity index (χ3v) is 2.81. The summed E-state index contributed by atoms with van der Waals surface area (Å²) in [6.07, 6.45) is 5.43. The fourth-order valence-corrected chi connectivity index (χ4v) is 1.66. The Hall–Kier alpha value is -2.28. The Kier molecular flexibility index (Phi) is 3.69. The second kappa shape index (κ2) is 5.79. The van der Waals surface area contributed by atoms with Gasteiger partial charge in [-0.25, -0.2) is 0 Å². The standard InChI is InChI=1S/C13H14N4O3/c18-11(15-10-1-2-10)7-19-8-12-16-13(17-20-12)9-3-5-14-6-4-9/h3-6,10H,1-2,7-8H2,(H,15,18). The van der Waals surface area contributed by atoms with Gasteiger partial charge in [0.2, 0.25) is 11.7 Å². The van der Waals surface area contributed by atoms with E-state index in [4.69, 9.17) is 9.26 Å². The molecule has 7 nitrogen and oxygen atoms in total. The number of amides is 1. The number of rotatable bonds is 6. The smallest absolute Gasteiger partial charge is 0.252 e. The number of pyridine rings is 1. The molecule has 2 aromatic rings. The first-order valence-corrected chi connectivity index (χ1v) is 6.41. The molecule has 0 saturated heterocycles. The van der Waals surface area contributed by atoms with E-state index in [1.165, 1.54) is 0 Å². The number of hydrogen-bond donors (Lipinski definition) is 1. The molecule has 1 amide bonds. The van der Waals surface area contributed by atoms with Gasteiger partial charge in [-0.2, -0.15) is 4.98 Å². The van der Waals surface area contributed by atoms with Crippen molar-refractivity contribution in [1.82, 2.24) is 20.4 Å². The molecule has 1 aliphatic carbocycles. The normalized spacial score (nSPS) is 14.2. The molecule has 2 heterocycles. The van der Waals surface area contributed by atoms with Gasteiger partial charge in [0.1, 0.15) is 13.2 Å². The lowest BCUT2D eigenvalue weighted by Crippen LogP contribution is -2.29. The maximum Gasteiger partial charge on any atom is 0.252 e. The minimum Gasteiger partial charge on any atom is -0.362 e. The van der Waals surface area contributed by atoms with Crippen molar-refractivity contribution in [2.24, 2.45) is 0 Å². The molecular weight excluding hydrogens is 260 g/mol. The van der Waals surface area contributed by atoms with Gasteiger partial charge in [0.25, 0.3) is 5.89 Å². The van der Waals surface area contributed by atoms with Crippen LogP contribution < -0.4 is 5.32 Å². The highest BCUT2D eigenvalue weighted by molar-refractivity contribution is 5.77. The van der Waals surface area contributed by atoms with Crippen molar-refractivity contribution < 1.29 is 14.1 Å². The Labute approximate surface area is 115 Å². The van der Waals surface area contributed by atoms with Crippen LogP contribution in [0.5, 0.6) is 0 Å². The highest BCUT2D eigenvalue weighted by Gasteiger charge is 2.23. The van der Waals surface area contributed by atoms with Crippen molar-refractivity contribution in [1.29, 1.82) is 0 Å². The van der Waals surface area contributed by atoms with E-state index >= 15 is 0 Å². The molecule has 1 saturated carbocycles. The average Bonchev–Trinajstić information content (AvgIpc) is 3.15. The minimum absolute atomic E-state index is 0.00344. The molecule has 104 valence electrons. The van der Waals surface area contributed by atoms with E-state index in [2.05, 4.69) is 20.4 Å². The van der Waals surface area contributed by atoms with Crippen LogP contribution in [0, 0.1) is 0 Å². The zero-order valence-electron chi connectivity index (χ0n) is 10.8. The summed E-state index contributed by atoms with van der Waals surface area (Å²) in [5.74, 6) is 0.714. The predicted octanol–water partition coefficient (Wildman–Crippen LogP) is 0.927. The van der Waals surface area contributed by atoms with Gasteiger partial charge in [-0.3, -0.25) is 9.78 Å². The summed E-state index contributed by atoms with van der Waals surface area (Å²) in [5.41, 5.74) is 0.821. The Morgan fingerprint density at radius 3 is 2.95 bits per heavy atom. The molecule has 3 rings (SSSR count). The van der Waals surface area contributed by atoms with E-state index in [0.717, 1.165) is 18.4 Å². The van der Waals surface area contributed by atoms with Gasteiger partial charge in [-0.15, -0.1) is 0 Å². The highest BCUT2D eigenvalue weighted by Crippen LogP contribution is 2.18. The molecule has 0 radical (unpaired) electrons. The fraction of sp³-hybridized carbons (Fsp3) is 0.385. The molecule has 7 heteroatoms. The summed E-state index contributed by atoms with van der Waals surface area (Å²) in [6.45, 7) is 0.125. The van der Waals surface area contributed by atoms with Crippen LogP contribution in [0.1, 0.15) is 18.7 Å². The molecule has 0 atom stereocenters. The first-order chi connectivity index (χ1) is 9.81. The molecule has 1 fully saturated rings. The average molecular weight is 274 g/mol. The van der Waals surface area contributed by atoms with Gasteiger partial charge in [0, 0.05) is 24.0 Å². The van der Waals surface area contributed by atoms with Crippen LogP contribution >= 0.6 is 0 Å². The third-order valence-electron chi connectivity index (χ3n) is 2.81. The summed E-state index contributed by atoms with van der Waals surface area (Å²) < 4.78 is 10.3. The number of nitrogens with zero attached hydrogens (tertiary/aromatic N) is 3. The lowest BCUT2D eigenvalue weighted by atomic mass is 10.2. The molecule has 0 spiro atoms. The Morgan fingerprint density at radius 1 is 1.40 bits per heavy atom. The lowest BCUT2D eigenvalue weighted by Gasteiger charge is -2.02. The van der Waals surface area contributed by atoms with Gasteiger partial charge < -0.3 is 14.6 Å². The zero-order chi connectivity index (χ0) is 13.8. The Bertz CT molecular complexity index is 580. The maximum atomic E-state index is 11.4. The van der Waals surface area contributed by atoms with E-state index in [0.29, 0.717) is 17.8 Å². The summed E-state index contributed by atoms with van der Waals surface area (Å²) in [4.78, 5) is 19.5. The van der Waals surface area contributed by atoms with Crippen LogP contribution in [0.3, 0.4) is 0 Å². The van der Waals surface area contributed by atoms with E-state index in [1.54, 1.807) is 24.5 Å². The minimum atomic E-state index is -0.110. The number of ether oxygens (including phenoxy) is 1. The predicted molar refractivity (Wildman–Crippen MR) is 68.3 cm³/mol. The summed E-state index contributed by atoms with van der Waals surface area (Å²) >= 11 is 0. The van der Waals surface area contributed by atoms with Crippen molar-refractivity contribution in [3.05, 3.63) is 30.4 Å². The Morgan fingerprint density at radius 2 is 2.20 bits per heavy atom. The van der Waals surface area contributed by atoms with Crippen molar-refractivity contribution in [3.8, 4) is 11.4 Å². The summed E-state index contributed by atoms with van der Waals surface area (Å²) in [5, 5.41) is 6.68. The van der Waals surface area contributed by atoms with Crippen LogP contribution in [0.4, 0.5) is 0 Å². The molecule has 0 aromatic carbocycles. The first-order valence-electron chi connectivity index (χ1n) is 6.41. The fourth-order valence-electron chi connectivity index (χ4n) is 1.66. The van der Waals surface area contributed by atoms with Crippen LogP contribution in [0.15, 0.2) is 29.0 Å². The highest BCUT2D eigenvalue weighted by atomic mass is 16.5. The number of carbonyl (C=O) groups is 1. The van der Waals surface area contributed by atoms with Crippen LogP contribution in [0.2, 0.25) is 0 Å². The SMILES string of the molecule is O=C(COCc1nc(-c2ccncc2)no1)NC1CC1. The van der Waals surface area contributed by atoms with Crippen molar-refractivity contribution >= 4 is 5.91 Å². The molecule has 1 aliphatic rings. The number of carbonyl (C=O) groups excluding carboxylic acids is 1. The van der Waals surface area contributed by atoms with E-state index in [-0.39, 0.29) is 19.1 Å². The maximum absolute atomic E-state index is 11.4. The van der Waals surface area contributed by atoms with Gasteiger partial charge >= 0.3 is 0 Å². The largest absolute Gasteiger partial charge is 0.362 e. The quantitative estimate of drug-likeness (QED) is 0.842. The van der Waals surface area contributed by atoms with E-state index < -0.39 is 0 Å². The number of hydrogen-bond acceptors (Lipinski definition) is 6. The lowest BCUT2D eigenvalue weighted by molar-refractivity contribution is -0.126. The van der Waals surface area contributed by atoms with Crippen molar-refractivity contribution in [2.75, 3.05) is 6.61 Å². The van der Waals surface area contributed by atoms with Crippen LogP contribution in [0.25, 0.3) is 11.4 Å².